The van der Waals surface area contributed by atoms with E-state index in [4.69, 9.17) is 14.6 Å². The second kappa shape index (κ2) is 4.15. The third-order valence-electron chi connectivity index (χ3n) is 2.10. The fourth-order valence-electron chi connectivity index (χ4n) is 1.38. The number of ether oxygens (including phenoxy) is 2. The van der Waals surface area contributed by atoms with Gasteiger partial charge in [0.15, 0.2) is 11.5 Å². The summed E-state index contributed by atoms with van der Waals surface area (Å²) in [6, 6.07) is 0. The molecule has 1 heterocycles. The van der Waals surface area contributed by atoms with Crippen molar-refractivity contribution in [2.45, 2.75) is 12.8 Å². The number of hydrogen-bond acceptors (Lipinski definition) is 3. The standard InChI is InChI=1S/C11H12O3/c12-6-10-7-13-8-11(14-10)9-4-2-1-3-5-9/h1-2,4,7-8,12H,3,5-6H2. The fraction of sp³-hybridized carbons (Fsp3) is 0.273. The molecule has 0 aromatic carbocycles. The lowest BCUT2D eigenvalue weighted by molar-refractivity contribution is 0.175. The fourth-order valence-corrected chi connectivity index (χ4v) is 1.38. The van der Waals surface area contributed by atoms with E-state index >= 15 is 0 Å². The van der Waals surface area contributed by atoms with Crippen LogP contribution < -0.4 is 0 Å². The summed E-state index contributed by atoms with van der Waals surface area (Å²) in [5.74, 6) is 1.14. The normalized spacial score (nSPS) is 20.2. The quantitative estimate of drug-likeness (QED) is 0.727. The molecule has 0 fully saturated rings. The van der Waals surface area contributed by atoms with Crippen LogP contribution in [0.4, 0.5) is 0 Å². The van der Waals surface area contributed by atoms with Gasteiger partial charge in [-0.15, -0.1) is 0 Å². The molecule has 0 amide bonds. The minimum Gasteiger partial charge on any atom is -0.465 e. The molecule has 0 radical (unpaired) electrons. The molecular formula is C11H12O3. The van der Waals surface area contributed by atoms with Gasteiger partial charge in [-0.05, 0) is 18.4 Å². The molecule has 0 unspecified atom stereocenters. The van der Waals surface area contributed by atoms with E-state index < -0.39 is 0 Å². The minimum atomic E-state index is -0.138. The van der Waals surface area contributed by atoms with Crippen molar-refractivity contribution in [2.75, 3.05) is 6.61 Å². The van der Waals surface area contributed by atoms with E-state index in [-0.39, 0.29) is 6.61 Å². The van der Waals surface area contributed by atoms with E-state index in [9.17, 15) is 0 Å². The van der Waals surface area contributed by atoms with Crippen molar-refractivity contribution < 1.29 is 14.6 Å². The Bertz CT molecular complexity index is 334. The van der Waals surface area contributed by atoms with Crippen LogP contribution in [-0.2, 0) is 9.47 Å². The average Bonchev–Trinajstić information content (AvgIpc) is 2.30. The number of hydrogen-bond donors (Lipinski definition) is 1. The molecule has 0 saturated carbocycles. The van der Waals surface area contributed by atoms with E-state index in [2.05, 4.69) is 6.08 Å². The van der Waals surface area contributed by atoms with Crippen molar-refractivity contribution in [2.24, 2.45) is 0 Å². The number of rotatable bonds is 2. The molecule has 0 spiro atoms. The van der Waals surface area contributed by atoms with E-state index in [0.717, 1.165) is 18.4 Å². The highest BCUT2D eigenvalue weighted by Gasteiger charge is 2.13. The number of aliphatic hydroxyl groups excluding tert-OH is 1. The maximum atomic E-state index is 8.87. The zero-order valence-electron chi connectivity index (χ0n) is 7.77. The summed E-state index contributed by atoms with van der Waals surface area (Å²) in [5.41, 5.74) is 1.10. The summed E-state index contributed by atoms with van der Waals surface area (Å²) in [4.78, 5) is 0. The molecule has 2 aliphatic rings. The first-order chi connectivity index (χ1) is 6.90. The lowest BCUT2D eigenvalue weighted by atomic mass is 10.0. The highest BCUT2D eigenvalue weighted by Crippen LogP contribution is 2.25. The summed E-state index contributed by atoms with van der Waals surface area (Å²) in [6.07, 6.45) is 11.0. The Labute approximate surface area is 82.6 Å². The zero-order chi connectivity index (χ0) is 9.80. The molecule has 1 N–H and O–H groups in total. The highest BCUT2D eigenvalue weighted by atomic mass is 16.5. The Kier molecular flexibility index (Phi) is 2.70. The summed E-state index contributed by atoms with van der Waals surface area (Å²) >= 11 is 0. The topological polar surface area (TPSA) is 38.7 Å². The van der Waals surface area contributed by atoms with Gasteiger partial charge in [0.05, 0.1) is 0 Å². The molecule has 3 nitrogen and oxygen atoms in total. The van der Waals surface area contributed by atoms with Crippen molar-refractivity contribution in [3.63, 3.8) is 0 Å². The maximum Gasteiger partial charge on any atom is 0.165 e. The van der Waals surface area contributed by atoms with Crippen molar-refractivity contribution in [3.05, 3.63) is 47.8 Å². The molecule has 1 aliphatic heterocycles. The van der Waals surface area contributed by atoms with Crippen molar-refractivity contribution in [3.8, 4) is 0 Å². The van der Waals surface area contributed by atoms with Gasteiger partial charge in [-0.25, -0.2) is 0 Å². The van der Waals surface area contributed by atoms with E-state index in [1.807, 2.05) is 12.2 Å². The second-order valence-electron chi connectivity index (χ2n) is 3.12. The third kappa shape index (κ3) is 1.88. The van der Waals surface area contributed by atoms with Crippen LogP contribution in [0.5, 0.6) is 0 Å². The van der Waals surface area contributed by atoms with Crippen molar-refractivity contribution in [1.82, 2.24) is 0 Å². The van der Waals surface area contributed by atoms with Crippen LogP contribution in [0, 0.1) is 0 Å². The molecule has 14 heavy (non-hydrogen) atoms. The lowest BCUT2D eigenvalue weighted by Gasteiger charge is -2.18. The Balaban J connectivity index is 2.09. The van der Waals surface area contributed by atoms with Crippen LogP contribution in [0.3, 0.4) is 0 Å². The van der Waals surface area contributed by atoms with Gasteiger partial charge in [-0.1, -0.05) is 18.2 Å². The van der Waals surface area contributed by atoms with Gasteiger partial charge in [0.25, 0.3) is 0 Å². The Morgan fingerprint density at radius 2 is 2.29 bits per heavy atom. The van der Waals surface area contributed by atoms with Crippen LogP contribution in [0.15, 0.2) is 47.8 Å². The predicted molar refractivity (Wildman–Crippen MR) is 51.9 cm³/mol. The third-order valence-corrected chi connectivity index (χ3v) is 2.10. The Hall–Kier alpha value is -1.48. The van der Waals surface area contributed by atoms with E-state index in [1.165, 1.54) is 6.26 Å². The largest absolute Gasteiger partial charge is 0.465 e. The monoisotopic (exact) mass is 192 g/mol. The summed E-state index contributed by atoms with van der Waals surface area (Å²) in [7, 11) is 0. The molecule has 0 bridgehead atoms. The lowest BCUT2D eigenvalue weighted by Crippen LogP contribution is -2.06. The van der Waals surface area contributed by atoms with E-state index in [1.54, 1.807) is 6.26 Å². The number of allylic oxidation sites excluding steroid dienone is 4. The van der Waals surface area contributed by atoms with Crippen LogP contribution >= 0.6 is 0 Å². The molecule has 0 atom stereocenters. The summed E-state index contributed by atoms with van der Waals surface area (Å²) in [5, 5.41) is 8.87. The van der Waals surface area contributed by atoms with Gasteiger partial charge in [0.2, 0.25) is 0 Å². The summed E-state index contributed by atoms with van der Waals surface area (Å²) in [6.45, 7) is -0.138. The molecule has 1 aliphatic carbocycles. The first-order valence-corrected chi connectivity index (χ1v) is 4.59. The van der Waals surface area contributed by atoms with Gasteiger partial charge in [-0.2, -0.15) is 0 Å². The number of aliphatic hydroxyl groups is 1. The SMILES string of the molecule is OCC1=COC=C(C2=CC=CCC2)O1. The zero-order valence-corrected chi connectivity index (χ0v) is 7.77. The van der Waals surface area contributed by atoms with Gasteiger partial charge in [0, 0.05) is 0 Å². The molecular weight excluding hydrogens is 180 g/mol. The van der Waals surface area contributed by atoms with Crippen molar-refractivity contribution in [1.29, 1.82) is 0 Å². The van der Waals surface area contributed by atoms with Crippen LogP contribution in [0.1, 0.15) is 12.8 Å². The molecule has 74 valence electrons. The van der Waals surface area contributed by atoms with Gasteiger partial charge in [-0.3, -0.25) is 0 Å². The van der Waals surface area contributed by atoms with E-state index in [0.29, 0.717) is 11.5 Å². The molecule has 0 aromatic rings. The van der Waals surface area contributed by atoms with Crippen LogP contribution in [0.2, 0.25) is 0 Å². The Morgan fingerprint density at radius 1 is 1.36 bits per heavy atom. The van der Waals surface area contributed by atoms with Gasteiger partial charge in [0.1, 0.15) is 19.1 Å². The molecule has 0 saturated heterocycles. The van der Waals surface area contributed by atoms with Crippen LogP contribution in [0.25, 0.3) is 0 Å². The molecule has 3 heteroatoms. The predicted octanol–water partition coefficient (Wildman–Crippen LogP) is 1.98. The van der Waals surface area contributed by atoms with Crippen molar-refractivity contribution >= 4 is 0 Å². The first kappa shape index (κ1) is 9.09. The van der Waals surface area contributed by atoms with Crippen LogP contribution in [-0.4, -0.2) is 11.7 Å². The Morgan fingerprint density at radius 3 is 3.00 bits per heavy atom. The van der Waals surface area contributed by atoms with Gasteiger partial charge >= 0.3 is 0 Å². The average molecular weight is 192 g/mol. The molecule has 0 aromatic heterocycles. The summed E-state index contributed by atoms with van der Waals surface area (Å²) < 4.78 is 10.5. The highest BCUT2D eigenvalue weighted by molar-refractivity contribution is 5.33. The second-order valence-corrected chi connectivity index (χ2v) is 3.12. The smallest absolute Gasteiger partial charge is 0.165 e. The molecule has 2 rings (SSSR count). The first-order valence-electron chi connectivity index (χ1n) is 4.59. The maximum absolute atomic E-state index is 8.87. The minimum absolute atomic E-state index is 0.138. The van der Waals surface area contributed by atoms with Gasteiger partial charge < -0.3 is 14.6 Å².